The molecule has 0 aromatic carbocycles. The van der Waals surface area contributed by atoms with Crippen LogP contribution in [0.1, 0.15) is 12.8 Å². The van der Waals surface area contributed by atoms with Gasteiger partial charge in [0.05, 0.1) is 6.33 Å². The molecule has 1 aromatic heterocycles. The van der Waals surface area contributed by atoms with E-state index in [4.69, 9.17) is 4.74 Å². The van der Waals surface area contributed by atoms with Crippen LogP contribution in [0.3, 0.4) is 0 Å². The van der Waals surface area contributed by atoms with E-state index in [1.54, 1.807) is 0 Å². The lowest BCUT2D eigenvalue weighted by molar-refractivity contribution is 0.0612. The highest BCUT2D eigenvalue weighted by atomic mass is 16.5. The largest absolute Gasteiger partial charge is 0.381 e. The van der Waals surface area contributed by atoms with E-state index in [1.807, 2.05) is 18.7 Å². The van der Waals surface area contributed by atoms with Gasteiger partial charge in [-0.2, -0.15) is 0 Å². The summed E-state index contributed by atoms with van der Waals surface area (Å²) in [5.74, 6) is 0.785. The van der Waals surface area contributed by atoms with Crippen molar-refractivity contribution in [3.8, 4) is 0 Å². The molecular formula is C9H14N2O. The van der Waals surface area contributed by atoms with Gasteiger partial charge in [0, 0.05) is 32.2 Å². The fourth-order valence-electron chi connectivity index (χ4n) is 1.62. The number of imidazole rings is 1. The van der Waals surface area contributed by atoms with Gasteiger partial charge in [-0.15, -0.1) is 0 Å². The second kappa shape index (κ2) is 3.72. The van der Waals surface area contributed by atoms with Gasteiger partial charge >= 0.3 is 0 Å². The molecule has 1 aliphatic rings. The molecule has 2 heterocycles. The number of ether oxygens (including phenoxy) is 1. The van der Waals surface area contributed by atoms with Gasteiger partial charge in [0.25, 0.3) is 0 Å². The van der Waals surface area contributed by atoms with Crippen LogP contribution >= 0.6 is 0 Å². The molecular weight excluding hydrogens is 152 g/mol. The molecule has 0 spiro atoms. The van der Waals surface area contributed by atoms with Gasteiger partial charge in [-0.05, 0) is 18.8 Å². The molecule has 0 aliphatic carbocycles. The molecule has 3 heteroatoms. The Hall–Kier alpha value is -0.830. The minimum Gasteiger partial charge on any atom is -0.381 e. The summed E-state index contributed by atoms with van der Waals surface area (Å²) < 4.78 is 7.44. The number of hydrogen-bond acceptors (Lipinski definition) is 2. The summed E-state index contributed by atoms with van der Waals surface area (Å²) in [4.78, 5) is 4.02. The first-order chi connectivity index (χ1) is 5.95. The summed E-state index contributed by atoms with van der Waals surface area (Å²) in [7, 11) is 0. The summed E-state index contributed by atoms with van der Waals surface area (Å²) >= 11 is 0. The number of hydrogen-bond donors (Lipinski definition) is 0. The van der Waals surface area contributed by atoms with E-state index in [9.17, 15) is 0 Å². The van der Waals surface area contributed by atoms with Crippen molar-refractivity contribution in [1.82, 2.24) is 9.55 Å². The molecule has 1 saturated heterocycles. The number of aromatic nitrogens is 2. The summed E-state index contributed by atoms with van der Waals surface area (Å²) in [6, 6.07) is 0. The van der Waals surface area contributed by atoms with Crippen LogP contribution in [-0.4, -0.2) is 22.8 Å². The molecule has 66 valence electrons. The van der Waals surface area contributed by atoms with Gasteiger partial charge < -0.3 is 9.30 Å². The summed E-state index contributed by atoms with van der Waals surface area (Å²) in [6.45, 7) is 2.96. The maximum absolute atomic E-state index is 5.29. The normalized spacial score (nSPS) is 19.7. The Labute approximate surface area is 72.4 Å². The predicted octanol–water partition coefficient (Wildman–Crippen LogP) is 1.31. The first-order valence-electron chi connectivity index (χ1n) is 4.48. The first kappa shape index (κ1) is 7.80. The topological polar surface area (TPSA) is 27.1 Å². The second-order valence-corrected chi connectivity index (χ2v) is 3.32. The molecule has 1 fully saturated rings. The Balaban J connectivity index is 1.86. The second-order valence-electron chi connectivity index (χ2n) is 3.32. The van der Waals surface area contributed by atoms with Crippen LogP contribution in [0.25, 0.3) is 0 Å². The maximum atomic E-state index is 5.29. The highest BCUT2D eigenvalue weighted by molar-refractivity contribution is 4.76. The third-order valence-corrected chi connectivity index (χ3v) is 2.37. The third kappa shape index (κ3) is 1.85. The maximum Gasteiger partial charge on any atom is 0.0945 e. The van der Waals surface area contributed by atoms with Gasteiger partial charge in [-0.25, -0.2) is 4.98 Å². The molecule has 0 bridgehead atoms. The summed E-state index contributed by atoms with van der Waals surface area (Å²) in [6.07, 6.45) is 8.13. The zero-order chi connectivity index (χ0) is 8.23. The Morgan fingerprint density at radius 1 is 1.42 bits per heavy atom. The SMILES string of the molecule is c1cn(CC2CCOCC2)cn1. The summed E-state index contributed by atoms with van der Waals surface area (Å²) in [5.41, 5.74) is 0. The Morgan fingerprint density at radius 2 is 2.25 bits per heavy atom. The molecule has 0 amide bonds. The van der Waals surface area contributed by atoms with Crippen LogP contribution in [0, 0.1) is 5.92 Å². The van der Waals surface area contributed by atoms with E-state index < -0.39 is 0 Å². The molecule has 0 atom stereocenters. The Morgan fingerprint density at radius 3 is 2.92 bits per heavy atom. The van der Waals surface area contributed by atoms with Gasteiger partial charge in [0.1, 0.15) is 0 Å². The van der Waals surface area contributed by atoms with E-state index >= 15 is 0 Å². The van der Waals surface area contributed by atoms with E-state index in [0.29, 0.717) is 0 Å². The minimum atomic E-state index is 0.785. The van der Waals surface area contributed by atoms with Gasteiger partial charge in [0.15, 0.2) is 0 Å². The molecule has 0 N–H and O–H groups in total. The zero-order valence-electron chi connectivity index (χ0n) is 7.15. The van der Waals surface area contributed by atoms with Crippen molar-refractivity contribution in [1.29, 1.82) is 0 Å². The fraction of sp³-hybridized carbons (Fsp3) is 0.667. The lowest BCUT2D eigenvalue weighted by atomic mass is 10.0. The minimum absolute atomic E-state index is 0.785. The molecule has 0 saturated carbocycles. The average molecular weight is 166 g/mol. The lowest BCUT2D eigenvalue weighted by Crippen LogP contribution is -2.19. The van der Waals surface area contributed by atoms with Crippen LogP contribution in [0.5, 0.6) is 0 Å². The highest BCUT2D eigenvalue weighted by Gasteiger charge is 2.13. The quantitative estimate of drug-likeness (QED) is 0.662. The predicted molar refractivity (Wildman–Crippen MR) is 45.8 cm³/mol. The average Bonchev–Trinajstić information content (AvgIpc) is 2.59. The molecule has 0 unspecified atom stereocenters. The molecule has 12 heavy (non-hydrogen) atoms. The smallest absolute Gasteiger partial charge is 0.0945 e. The van der Waals surface area contributed by atoms with Crippen molar-refractivity contribution in [3.05, 3.63) is 18.7 Å². The Kier molecular flexibility index (Phi) is 2.42. The van der Waals surface area contributed by atoms with E-state index in [2.05, 4.69) is 9.55 Å². The van der Waals surface area contributed by atoms with Crippen LogP contribution in [0.4, 0.5) is 0 Å². The van der Waals surface area contributed by atoms with E-state index in [-0.39, 0.29) is 0 Å². The standard InChI is InChI=1S/C9H14N2O/c1-5-12-6-2-9(1)7-11-4-3-10-8-11/h3-4,8-9H,1-2,5-7H2. The van der Waals surface area contributed by atoms with Crippen molar-refractivity contribution in [2.24, 2.45) is 5.92 Å². The number of nitrogens with zero attached hydrogens (tertiary/aromatic N) is 2. The van der Waals surface area contributed by atoms with Gasteiger partial charge in [-0.1, -0.05) is 0 Å². The fourth-order valence-corrected chi connectivity index (χ4v) is 1.62. The van der Waals surface area contributed by atoms with Crippen molar-refractivity contribution >= 4 is 0 Å². The van der Waals surface area contributed by atoms with Crippen LogP contribution in [0.15, 0.2) is 18.7 Å². The van der Waals surface area contributed by atoms with Crippen molar-refractivity contribution < 1.29 is 4.74 Å². The molecule has 3 nitrogen and oxygen atoms in total. The molecule has 1 aliphatic heterocycles. The van der Waals surface area contributed by atoms with Crippen molar-refractivity contribution in [2.45, 2.75) is 19.4 Å². The molecule has 2 rings (SSSR count). The highest BCUT2D eigenvalue weighted by Crippen LogP contribution is 2.16. The van der Waals surface area contributed by atoms with Gasteiger partial charge in [0.2, 0.25) is 0 Å². The van der Waals surface area contributed by atoms with Crippen LogP contribution in [-0.2, 0) is 11.3 Å². The first-order valence-corrected chi connectivity index (χ1v) is 4.48. The van der Waals surface area contributed by atoms with Crippen molar-refractivity contribution in [3.63, 3.8) is 0 Å². The van der Waals surface area contributed by atoms with Gasteiger partial charge in [-0.3, -0.25) is 0 Å². The summed E-state index contributed by atoms with van der Waals surface area (Å²) in [5, 5.41) is 0. The van der Waals surface area contributed by atoms with E-state index in [0.717, 1.165) is 25.7 Å². The van der Waals surface area contributed by atoms with Crippen LogP contribution < -0.4 is 0 Å². The Bertz CT molecular complexity index is 214. The van der Waals surface area contributed by atoms with Crippen molar-refractivity contribution in [2.75, 3.05) is 13.2 Å². The lowest BCUT2D eigenvalue weighted by Gasteiger charge is -2.21. The monoisotopic (exact) mass is 166 g/mol. The zero-order valence-corrected chi connectivity index (χ0v) is 7.15. The number of rotatable bonds is 2. The van der Waals surface area contributed by atoms with Crippen LogP contribution in [0.2, 0.25) is 0 Å². The molecule has 1 aromatic rings. The van der Waals surface area contributed by atoms with E-state index in [1.165, 1.54) is 12.8 Å². The third-order valence-electron chi connectivity index (χ3n) is 2.37. The molecule has 0 radical (unpaired) electrons.